The van der Waals surface area contributed by atoms with Crippen molar-refractivity contribution in [2.75, 3.05) is 37.8 Å². The summed E-state index contributed by atoms with van der Waals surface area (Å²) in [6.45, 7) is 8.15. The summed E-state index contributed by atoms with van der Waals surface area (Å²) in [6.07, 6.45) is 1.81. The summed E-state index contributed by atoms with van der Waals surface area (Å²) in [7, 11) is 0. The Balaban J connectivity index is 1.63. The van der Waals surface area contributed by atoms with Gasteiger partial charge in [0.15, 0.2) is 11.6 Å². The van der Waals surface area contributed by atoms with Gasteiger partial charge in [-0.3, -0.25) is 4.79 Å². The average molecular weight is 516 g/mol. The molecule has 0 radical (unpaired) electrons. The first-order valence-electron chi connectivity index (χ1n) is 12.4. The lowest BCUT2D eigenvalue weighted by molar-refractivity contribution is 0.0524. The lowest BCUT2D eigenvalue weighted by atomic mass is 10.1. The quantitative estimate of drug-likeness (QED) is 0.404. The third kappa shape index (κ3) is 4.71. The number of pyridine rings is 1. The number of hydrogen-bond donors (Lipinski definition) is 0. The summed E-state index contributed by atoms with van der Waals surface area (Å²) in [5.74, 6) is -0.472. The van der Waals surface area contributed by atoms with E-state index in [-0.39, 0.29) is 36.0 Å². The normalized spacial score (nSPS) is 16.1. The van der Waals surface area contributed by atoms with Crippen molar-refractivity contribution >= 4 is 34.0 Å². The van der Waals surface area contributed by atoms with E-state index in [0.717, 1.165) is 23.5 Å². The maximum Gasteiger partial charge on any atom is 0.345 e. The molecule has 1 aliphatic heterocycles. The average Bonchev–Trinajstić information content (AvgIpc) is 3.59. The molecule has 8 nitrogen and oxygen atoms in total. The smallest absolute Gasteiger partial charge is 0.345 e. The second-order valence-electron chi connectivity index (χ2n) is 9.36. The Morgan fingerprint density at radius 1 is 1.28 bits per heavy atom. The van der Waals surface area contributed by atoms with E-state index in [1.54, 1.807) is 13.0 Å². The fourth-order valence-corrected chi connectivity index (χ4v) is 5.34. The van der Waals surface area contributed by atoms with Crippen molar-refractivity contribution in [3.63, 3.8) is 0 Å². The minimum Gasteiger partial charge on any atom is -0.483 e. The van der Waals surface area contributed by atoms with Crippen molar-refractivity contribution in [2.24, 2.45) is 0 Å². The predicted octanol–water partition coefficient (Wildman–Crippen LogP) is 4.65. The summed E-state index contributed by atoms with van der Waals surface area (Å²) in [5.41, 5.74) is 0.946. The van der Waals surface area contributed by atoms with Crippen LogP contribution in [-0.2, 0) is 16.1 Å². The molecular formula is C26H30FN3O5S. The van der Waals surface area contributed by atoms with Crippen LogP contribution in [0.1, 0.15) is 66.6 Å². The van der Waals surface area contributed by atoms with Crippen molar-refractivity contribution in [1.82, 2.24) is 9.55 Å². The minimum atomic E-state index is -0.689. The molecule has 0 spiro atoms. The molecule has 1 saturated carbocycles. The first-order chi connectivity index (χ1) is 17.4. The first-order valence-corrected chi connectivity index (χ1v) is 13.3. The van der Waals surface area contributed by atoms with Gasteiger partial charge in [-0.15, -0.1) is 11.3 Å². The molecule has 1 aliphatic carbocycles. The maximum atomic E-state index is 15.2. The fourth-order valence-electron chi connectivity index (χ4n) is 4.48. The molecule has 10 heteroatoms. The van der Waals surface area contributed by atoms with Crippen molar-refractivity contribution in [1.29, 1.82) is 0 Å². The van der Waals surface area contributed by atoms with Gasteiger partial charge in [-0.05, 0) is 31.7 Å². The number of esters is 1. The standard InChI is InChI=1S/C26H30FN3O5S/c1-4-34-26(32)23-24(31)17-11-18(27)21(35-13-22-28-19(14-36-22)15(2)3)12-20(17)30(16-5-6-16)25(23)29-7-9-33-10-8-29/h11-12,14-16H,4-10,13H2,1-3H3. The maximum absolute atomic E-state index is 15.2. The van der Waals surface area contributed by atoms with Gasteiger partial charge in [0.05, 0.1) is 31.0 Å². The number of morpholine rings is 1. The topological polar surface area (TPSA) is 82.9 Å². The molecule has 0 amide bonds. The van der Waals surface area contributed by atoms with Crippen molar-refractivity contribution in [2.45, 2.75) is 52.2 Å². The summed E-state index contributed by atoms with van der Waals surface area (Å²) < 4.78 is 33.8. The molecule has 5 rings (SSSR count). The van der Waals surface area contributed by atoms with Crippen LogP contribution in [0.25, 0.3) is 10.9 Å². The molecule has 0 bridgehead atoms. The molecule has 0 atom stereocenters. The third-order valence-corrected chi connectivity index (χ3v) is 7.29. The number of hydrogen-bond acceptors (Lipinski definition) is 8. The summed E-state index contributed by atoms with van der Waals surface area (Å²) in [5, 5.41) is 2.88. The highest BCUT2D eigenvalue weighted by Crippen LogP contribution is 2.42. The van der Waals surface area contributed by atoms with Gasteiger partial charge >= 0.3 is 5.97 Å². The van der Waals surface area contributed by atoms with Crippen LogP contribution in [0.2, 0.25) is 0 Å². The van der Waals surface area contributed by atoms with Gasteiger partial charge in [-0.25, -0.2) is 14.2 Å². The van der Waals surface area contributed by atoms with E-state index in [2.05, 4.69) is 18.8 Å². The van der Waals surface area contributed by atoms with Crippen molar-refractivity contribution in [3.05, 3.63) is 49.8 Å². The monoisotopic (exact) mass is 515 g/mol. The zero-order chi connectivity index (χ0) is 25.4. The number of carbonyl (C=O) groups excluding carboxylic acids is 1. The Labute approximate surface area is 212 Å². The Morgan fingerprint density at radius 3 is 2.67 bits per heavy atom. The Hall–Kier alpha value is -2.98. The molecule has 2 aliphatic rings. The number of thiazole rings is 1. The highest BCUT2D eigenvalue weighted by molar-refractivity contribution is 7.09. The van der Waals surface area contributed by atoms with Crippen LogP contribution in [0.3, 0.4) is 0 Å². The number of anilines is 1. The molecule has 1 saturated heterocycles. The van der Waals surface area contributed by atoms with E-state index in [0.29, 0.717) is 43.6 Å². The first kappa shape index (κ1) is 24.7. The zero-order valence-corrected chi connectivity index (χ0v) is 21.5. The Bertz CT molecular complexity index is 1340. The number of fused-ring (bicyclic) bond motifs is 1. The molecule has 0 unspecified atom stereocenters. The fraction of sp³-hybridized carbons (Fsp3) is 0.500. The molecule has 2 fully saturated rings. The number of aromatic nitrogens is 2. The molecule has 1 aromatic carbocycles. The lowest BCUT2D eigenvalue weighted by Gasteiger charge is -2.33. The van der Waals surface area contributed by atoms with Crippen LogP contribution in [0.5, 0.6) is 5.75 Å². The van der Waals surface area contributed by atoms with Crippen LogP contribution in [0.4, 0.5) is 10.2 Å². The molecule has 192 valence electrons. The van der Waals surface area contributed by atoms with E-state index < -0.39 is 17.2 Å². The lowest BCUT2D eigenvalue weighted by Crippen LogP contribution is -2.40. The second-order valence-corrected chi connectivity index (χ2v) is 10.3. The van der Waals surface area contributed by atoms with Gasteiger partial charge < -0.3 is 23.7 Å². The Morgan fingerprint density at radius 2 is 2.03 bits per heavy atom. The second kappa shape index (κ2) is 10.2. The summed E-state index contributed by atoms with van der Waals surface area (Å²) >= 11 is 1.47. The largest absolute Gasteiger partial charge is 0.483 e. The van der Waals surface area contributed by atoms with Crippen molar-refractivity contribution < 1.29 is 23.4 Å². The number of halogens is 1. The summed E-state index contributed by atoms with van der Waals surface area (Å²) in [6, 6.07) is 2.87. The van der Waals surface area contributed by atoms with Crippen LogP contribution >= 0.6 is 11.3 Å². The van der Waals surface area contributed by atoms with Gasteiger partial charge in [0.2, 0.25) is 5.43 Å². The molecule has 2 aromatic heterocycles. The third-order valence-electron chi connectivity index (χ3n) is 6.45. The van der Waals surface area contributed by atoms with Gasteiger partial charge in [-0.2, -0.15) is 0 Å². The van der Waals surface area contributed by atoms with Crippen LogP contribution in [0, 0.1) is 5.82 Å². The molecular weight excluding hydrogens is 485 g/mol. The minimum absolute atomic E-state index is 0.0461. The Kier molecular flexibility index (Phi) is 6.98. The number of benzene rings is 1. The SMILES string of the molecule is CCOC(=O)c1c(N2CCOCC2)n(C2CC2)c2cc(OCc3nc(C(C)C)cs3)c(F)cc2c1=O. The van der Waals surface area contributed by atoms with Gasteiger partial charge in [0.25, 0.3) is 0 Å². The van der Waals surface area contributed by atoms with Crippen LogP contribution in [-0.4, -0.2) is 48.4 Å². The van der Waals surface area contributed by atoms with Gasteiger partial charge in [-0.1, -0.05) is 13.8 Å². The van der Waals surface area contributed by atoms with E-state index in [9.17, 15) is 9.59 Å². The number of carbonyl (C=O) groups is 1. The van der Waals surface area contributed by atoms with E-state index in [1.807, 2.05) is 14.8 Å². The van der Waals surface area contributed by atoms with Crippen LogP contribution in [0.15, 0.2) is 22.3 Å². The number of ether oxygens (including phenoxy) is 3. The van der Waals surface area contributed by atoms with Crippen LogP contribution < -0.4 is 15.1 Å². The number of nitrogens with zero attached hydrogens (tertiary/aromatic N) is 3. The van der Waals surface area contributed by atoms with Gasteiger partial charge in [0, 0.05) is 36.0 Å². The van der Waals surface area contributed by atoms with E-state index in [1.165, 1.54) is 17.4 Å². The summed E-state index contributed by atoms with van der Waals surface area (Å²) in [4.78, 5) is 33.2. The predicted molar refractivity (Wildman–Crippen MR) is 136 cm³/mol. The zero-order valence-electron chi connectivity index (χ0n) is 20.7. The van der Waals surface area contributed by atoms with E-state index >= 15 is 4.39 Å². The highest BCUT2D eigenvalue weighted by Gasteiger charge is 2.35. The highest BCUT2D eigenvalue weighted by atomic mass is 32.1. The molecule has 3 heterocycles. The number of rotatable bonds is 8. The van der Waals surface area contributed by atoms with Crippen molar-refractivity contribution in [3.8, 4) is 5.75 Å². The molecule has 3 aromatic rings. The molecule has 36 heavy (non-hydrogen) atoms. The van der Waals surface area contributed by atoms with E-state index in [4.69, 9.17) is 14.2 Å². The van der Waals surface area contributed by atoms with Gasteiger partial charge in [0.1, 0.15) is 23.0 Å². The molecule has 0 N–H and O–H groups in total.